The highest BCUT2D eigenvalue weighted by molar-refractivity contribution is 9.10. The van der Waals surface area contributed by atoms with Crippen molar-refractivity contribution in [3.05, 3.63) is 63.9 Å². The largest absolute Gasteiger partial charge is 0.382 e. The molecule has 0 bridgehead atoms. The number of halogens is 2. The Kier molecular flexibility index (Phi) is 5.18. The van der Waals surface area contributed by atoms with Gasteiger partial charge in [-0.05, 0) is 65.9 Å². The number of hydrogen-bond acceptors (Lipinski definition) is 1. The first-order chi connectivity index (χ1) is 9.56. The number of anilines is 1. The van der Waals surface area contributed by atoms with E-state index in [9.17, 15) is 4.39 Å². The Morgan fingerprint density at radius 2 is 1.90 bits per heavy atom. The average Bonchev–Trinajstić information content (AvgIpc) is 2.44. The van der Waals surface area contributed by atoms with Gasteiger partial charge in [-0.2, -0.15) is 0 Å². The van der Waals surface area contributed by atoms with Crippen LogP contribution in [0.25, 0.3) is 0 Å². The second-order valence-electron chi connectivity index (χ2n) is 5.15. The molecule has 1 N–H and O–H groups in total. The maximum Gasteiger partial charge on any atom is 0.137 e. The van der Waals surface area contributed by atoms with Gasteiger partial charge in [0.15, 0.2) is 0 Å². The van der Waals surface area contributed by atoms with Crippen LogP contribution in [0, 0.1) is 12.7 Å². The van der Waals surface area contributed by atoms with E-state index < -0.39 is 0 Å². The summed E-state index contributed by atoms with van der Waals surface area (Å²) in [4.78, 5) is 0. The molecular weight excluding hydrogens is 317 g/mol. The van der Waals surface area contributed by atoms with Crippen molar-refractivity contribution < 1.29 is 4.39 Å². The summed E-state index contributed by atoms with van der Waals surface area (Å²) < 4.78 is 13.9. The predicted molar refractivity (Wildman–Crippen MR) is 86.7 cm³/mol. The van der Waals surface area contributed by atoms with Crippen molar-refractivity contribution in [2.75, 3.05) is 5.32 Å². The molecule has 0 aliphatic heterocycles. The average molecular weight is 336 g/mol. The van der Waals surface area contributed by atoms with E-state index >= 15 is 0 Å². The van der Waals surface area contributed by atoms with Crippen LogP contribution in [0.3, 0.4) is 0 Å². The van der Waals surface area contributed by atoms with E-state index in [1.807, 2.05) is 19.1 Å². The molecule has 1 atom stereocenters. The quantitative estimate of drug-likeness (QED) is 0.778. The third-order valence-electron chi connectivity index (χ3n) is 3.38. The molecule has 1 nitrogen and oxygen atoms in total. The van der Waals surface area contributed by atoms with Gasteiger partial charge in [-0.1, -0.05) is 30.3 Å². The molecular formula is C17H19BrFN. The molecule has 0 saturated heterocycles. The van der Waals surface area contributed by atoms with Gasteiger partial charge in [0.25, 0.3) is 0 Å². The van der Waals surface area contributed by atoms with Crippen LogP contribution >= 0.6 is 15.9 Å². The van der Waals surface area contributed by atoms with Gasteiger partial charge in [0.2, 0.25) is 0 Å². The maximum atomic E-state index is 13.4. The van der Waals surface area contributed by atoms with E-state index in [1.165, 1.54) is 5.56 Å². The van der Waals surface area contributed by atoms with E-state index in [0.29, 0.717) is 10.5 Å². The fourth-order valence-electron chi connectivity index (χ4n) is 2.17. The molecule has 0 fully saturated rings. The summed E-state index contributed by atoms with van der Waals surface area (Å²) in [7, 11) is 0. The van der Waals surface area contributed by atoms with Crippen molar-refractivity contribution in [1.82, 2.24) is 0 Å². The Balaban J connectivity index is 1.95. The van der Waals surface area contributed by atoms with E-state index in [2.05, 4.69) is 52.4 Å². The summed E-state index contributed by atoms with van der Waals surface area (Å²) >= 11 is 3.23. The molecule has 0 spiro atoms. The molecule has 0 amide bonds. The molecule has 2 aromatic carbocycles. The Morgan fingerprint density at radius 3 is 2.60 bits per heavy atom. The van der Waals surface area contributed by atoms with Crippen LogP contribution in [0.1, 0.15) is 24.5 Å². The molecule has 20 heavy (non-hydrogen) atoms. The Hall–Kier alpha value is -1.35. The van der Waals surface area contributed by atoms with Gasteiger partial charge in [0, 0.05) is 11.7 Å². The molecule has 2 rings (SSSR count). The van der Waals surface area contributed by atoms with Gasteiger partial charge in [-0.15, -0.1) is 0 Å². The summed E-state index contributed by atoms with van der Waals surface area (Å²) in [6.45, 7) is 4.07. The molecule has 0 aliphatic carbocycles. The lowest BCUT2D eigenvalue weighted by Gasteiger charge is -2.17. The molecule has 0 aromatic heterocycles. The maximum absolute atomic E-state index is 13.4. The van der Waals surface area contributed by atoms with Gasteiger partial charge >= 0.3 is 0 Å². The summed E-state index contributed by atoms with van der Waals surface area (Å²) in [5.41, 5.74) is 3.26. The molecule has 3 heteroatoms. The highest BCUT2D eigenvalue weighted by atomic mass is 79.9. The van der Waals surface area contributed by atoms with Crippen molar-refractivity contribution in [1.29, 1.82) is 0 Å². The molecule has 1 unspecified atom stereocenters. The number of rotatable bonds is 5. The van der Waals surface area contributed by atoms with Crippen LogP contribution in [-0.4, -0.2) is 6.04 Å². The van der Waals surface area contributed by atoms with Gasteiger partial charge in [0.05, 0.1) is 4.47 Å². The highest BCUT2D eigenvalue weighted by Gasteiger charge is 2.08. The van der Waals surface area contributed by atoms with E-state index in [1.54, 1.807) is 6.07 Å². The van der Waals surface area contributed by atoms with Crippen molar-refractivity contribution in [3.8, 4) is 0 Å². The second-order valence-corrected chi connectivity index (χ2v) is 6.01. The molecule has 106 valence electrons. The molecule has 0 saturated carbocycles. The third-order valence-corrected chi connectivity index (χ3v) is 3.99. The Bertz CT molecular complexity index is 569. The minimum Gasteiger partial charge on any atom is -0.382 e. The Morgan fingerprint density at radius 1 is 1.20 bits per heavy atom. The Labute approximate surface area is 128 Å². The van der Waals surface area contributed by atoms with Gasteiger partial charge in [-0.3, -0.25) is 0 Å². The van der Waals surface area contributed by atoms with Crippen LogP contribution in [0.2, 0.25) is 0 Å². The van der Waals surface area contributed by atoms with Crippen LogP contribution in [-0.2, 0) is 6.42 Å². The SMILES string of the molecule is Cc1cc(F)c(Br)cc1NC(C)CCc1ccccc1. The highest BCUT2D eigenvalue weighted by Crippen LogP contribution is 2.25. The minimum atomic E-state index is -0.218. The lowest BCUT2D eigenvalue weighted by atomic mass is 10.1. The second kappa shape index (κ2) is 6.89. The van der Waals surface area contributed by atoms with E-state index in [4.69, 9.17) is 0 Å². The summed E-state index contributed by atoms with van der Waals surface area (Å²) in [6, 6.07) is 14.2. The van der Waals surface area contributed by atoms with Gasteiger partial charge in [-0.25, -0.2) is 4.39 Å². The number of aryl methyl sites for hydroxylation is 2. The third kappa shape index (κ3) is 4.07. The van der Waals surface area contributed by atoms with Crippen LogP contribution in [0.4, 0.5) is 10.1 Å². The molecule has 0 aliphatic rings. The fourth-order valence-corrected chi connectivity index (χ4v) is 2.51. The monoisotopic (exact) mass is 335 g/mol. The van der Waals surface area contributed by atoms with Crippen molar-refractivity contribution >= 4 is 21.6 Å². The lowest BCUT2D eigenvalue weighted by Crippen LogP contribution is -2.16. The van der Waals surface area contributed by atoms with Crippen LogP contribution < -0.4 is 5.32 Å². The lowest BCUT2D eigenvalue weighted by molar-refractivity contribution is 0.619. The molecule has 2 aromatic rings. The summed E-state index contributed by atoms with van der Waals surface area (Å²) in [5.74, 6) is -0.218. The zero-order valence-corrected chi connectivity index (χ0v) is 13.4. The van der Waals surface area contributed by atoms with E-state index in [0.717, 1.165) is 24.1 Å². The first kappa shape index (κ1) is 15.0. The zero-order chi connectivity index (χ0) is 14.5. The van der Waals surface area contributed by atoms with Crippen molar-refractivity contribution in [2.45, 2.75) is 32.7 Å². The topological polar surface area (TPSA) is 12.0 Å². The van der Waals surface area contributed by atoms with Crippen LogP contribution in [0.15, 0.2) is 46.9 Å². The van der Waals surface area contributed by atoms with E-state index in [-0.39, 0.29) is 5.82 Å². The normalized spacial score (nSPS) is 12.2. The standard InChI is InChI=1S/C17H19BrFN/c1-12-10-16(19)15(18)11-17(12)20-13(2)8-9-14-6-4-3-5-7-14/h3-7,10-11,13,20H,8-9H2,1-2H3. The van der Waals surface area contributed by atoms with Gasteiger partial charge in [0.1, 0.15) is 5.82 Å². The molecule has 0 heterocycles. The zero-order valence-electron chi connectivity index (χ0n) is 11.8. The smallest absolute Gasteiger partial charge is 0.137 e. The first-order valence-electron chi connectivity index (χ1n) is 6.82. The summed E-state index contributed by atoms with van der Waals surface area (Å²) in [5, 5.41) is 3.45. The predicted octanol–water partition coefficient (Wildman–Crippen LogP) is 5.33. The summed E-state index contributed by atoms with van der Waals surface area (Å²) in [6.07, 6.45) is 2.08. The number of benzene rings is 2. The van der Waals surface area contributed by atoms with Gasteiger partial charge < -0.3 is 5.32 Å². The number of nitrogens with one attached hydrogen (secondary N) is 1. The van der Waals surface area contributed by atoms with Crippen molar-refractivity contribution in [2.24, 2.45) is 0 Å². The fraction of sp³-hybridized carbons (Fsp3) is 0.294. The van der Waals surface area contributed by atoms with Crippen molar-refractivity contribution in [3.63, 3.8) is 0 Å². The number of hydrogen-bond donors (Lipinski definition) is 1. The molecule has 0 radical (unpaired) electrons. The minimum absolute atomic E-state index is 0.218. The van der Waals surface area contributed by atoms with Crippen LogP contribution in [0.5, 0.6) is 0 Å². The first-order valence-corrected chi connectivity index (χ1v) is 7.61.